The molecule has 1 heterocycles. The van der Waals surface area contributed by atoms with Crippen molar-refractivity contribution in [2.45, 2.75) is 0 Å². The van der Waals surface area contributed by atoms with E-state index in [4.69, 9.17) is 0 Å². The number of hydrogen-bond acceptors (Lipinski definition) is 3. The maximum absolute atomic E-state index is 11.5. The average Bonchev–Trinajstić information content (AvgIpc) is 2.82. The number of halogens is 1. The van der Waals surface area contributed by atoms with E-state index in [2.05, 4.69) is 20.9 Å². The van der Waals surface area contributed by atoms with Crippen molar-refractivity contribution in [2.24, 2.45) is 4.99 Å². The van der Waals surface area contributed by atoms with Crippen LogP contribution in [0.2, 0.25) is 0 Å². The van der Waals surface area contributed by atoms with Crippen LogP contribution in [0.3, 0.4) is 0 Å². The molecule has 0 saturated carbocycles. The first kappa shape index (κ1) is 16.2. The van der Waals surface area contributed by atoms with E-state index in [9.17, 15) is 4.79 Å². The highest BCUT2D eigenvalue weighted by molar-refractivity contribution is 14.0. The van der Waals surface area contributed by atoms with Gasteiger partial charge in [-0.25, -0.2) is 0 Å². The van der Waals surface area contributed by atoms with Gasteiger partial charge in [-0.3, -0.25) is 9.79 Å². The summed E-state index contributed by atoms with van der Waals surface area (Å²) in [6, 6.07) is 3.67. The lowest BCUT2D eigenvalue weighted by atomic mass is 10.4. The Hall–Kier alpha value is -0.830. The molecule has 0 saturated heterocycles. The van der Waals surface area contributed by atoms with Crippen molar-refractivity contribution in [1.82, 2.24) is 16.0 Å². The molecule has 0 atom stereocenters. The summed E-state index contributed by atoms with van der Waals surface area (Å²) in [5, 5.41) is 10.6. The van der Waals surface area contributed by atoms with E-state index >= 15 is 0 Å². The van der Waals surface area contributed by atoms with Crippen molar-refractivity contribution in [2.75, 3.05) is 27.2 Å². The van der Waals surface area contributed by atoms with Crippen LogP contribution >= 0.6 is 35.3 Å². The number of guanidine groups is 1. The Bertz CT molecular complexity index is 353. The van der Waals surface area contributed by atoms with Gasteiger partial charge in [0.05, 0.1) is 4.88 Å². The Morgan fingerprint density at radius 1 is 1.41 bits per heavy atom. The van der Waals surface area contributed by atoms with Crippen LogP contribution in [0.25, 0.3) is 0 Å². The molecule has 0 aliphatic heterocycles. The van der Waals surface area contributed by atoms with Crippen molar-refractivity contribution in [3.63, 3.8) is 0 Å². The predicted octanol–water partition coefficient (Wildman–Crippen LogP) is 0.891. The number of rotatable bonds is 4. The van der Waals surface area contributed by atoms with E-state index in [1.54, 1.807) is 20.2 Å². The molecule has 96 valence electrons. The van der Waals surface area contributed by atoms with Crippen LogP contribution in [-0.2, 0) is 0 Å². The van der Waals surface area contributed by atoms with Crippen molar-refractivity contribution >= 4 is 47.2 Å². The topological polar surface area (TPSA) is 65.5 Å². The van der Waals surface area contributed by atoms with Gasteiger partial charge in [0.25, 0.3) is 5.91 Å². The lowest BCUT2D eigenvalue weighted by Gasteiger charge is -2.08. The number of amides is 1. The molecule has 0 radical (unpaired) electrons. The third-order valence-electron chi connectivity index (χ3n) is 1.91. The fourth-order valence-corrected chi connectivity index (χ4v) is 1.77. The summed E-state index contributed by atoms with van der Waals surface area (Å²) in [6.07, 6.45) is 0. The van der Waals surface area contributed by atoms with E-state index in [0.717, 1.165) is 4.88 Å². The minimum absolute atomic E-state index is 0. The van der Waals surface area contributed by atoms with Crippen molar-refractivity contribution < 1.29 is 4.79 Å². The molecule has 1 aromatic heterocycles. The second kappa shape index (κ2) is 9.23. The van der Waals surface area contributed by atoms with E-state index in [-0.39, 0.29) is 29.9 Å². The average molecular weight is 368 g/mol. The second-order valence-corrected chi connectivity index (χ2v) is 3.93. The summed E-state index contributed by atoms with van der Waals surface area (Å²) in [5.74, 6) is 0.682. The maximum Gasteiger partial charge on any atom is 0.261 e. The zero-order valence-electron chi connectivity index (χ0n) is 9.82. The van der Waals surface area contributed by atoms with Gasteiger partial charge in [0.2, 0.25) is 0 Å². The Morgan fingerprint density at radius 2 is 2.12 bits per heavy atom. The van der Waals surface area contributed by atoms with Crippen LogP contribution in [-0.4, -0.2) is 39.1 Å². The van der Waals surface area contributed by atoms with Gasteiger partial charge in [0.15, 0.2) is 5.96 Å². The Labute approximate surface area is 122 Å². The molecule has 7 heteroatoms. The monoisotopic (exact) mass is 368 g/mol. The highest BCUT2D eigenvalue weighted by atomic mass is 127. The molecule has 0 unspecified atom stereocenters. The molecule has 1 rings (SSSR count). The van der Waals surface area contributed by atoms with E-state index in [1.165, 1.54) is 11.3 Å². The van der Waals surface area contributed by atoms with Gasteiger partial charge in [0, 0.05) is 27.2 Å². The van der Waals surface area contributed by atoms with E-state index in [0.29, 0.717) is 19.0 Å². The van der Waals surface area contributed by atoms with Crippen LogP contribution in [0.15, 0.2) is 22.5 Å². The predicted molar refractivity (Wildman–Crippen MR) is 82.5 cm³/mol. The van der Waals surface area contributed by atoms with Crippen molar-refractivity contribution in [3.8, 4) is 0 Å². The summed E-state index contributed by atoms with van der Waals surface area (Å²) < 4.78 is 0. The molecule has 0 spiro atoms. The van der Waals surface area contributed by atoms with Gasteiger partial charge in [-0.1, -0.05) is 6.07 Å². The van der Waals surface area contributed by atoms with Gasteiger partial charge >= 0.3 is 0 Å². The van der Waals surface area contributed by atoms with E-state index < -0.39 is 0 Å². The summed E-state index contributed by atoms with van der Waals surface area (Å²) in [4.78, 5) is 16.2. The summed E-state index contributed by atoms with van der Waals surface area (Å²) >= 11 is 1.44. The lowest BCUT2D eigenvalue weighted by Crippen LogP contribution is -2.39. The normalized spacial score (nSPS) is 10.4. The SMILES string of the molecule is CN=C(NC)NCCNC(=O)c1cccs1.I. The first-order chi connectivity index (χ1) is 7.77. The molecule has 3 N–H and O–H groups in total. The molecule has 0 aliphatic rings. The van der Waals surface area contributed by atoms with Crippen LogP contribution in [0, 0.1) is 0 Å². The first-order valence-corrected chi connectivity index (χ1v) is 5.86. The van der Waals surface area contributed by atoms with Crippen molar-refractivity contribution in [1.29, 1.82) is 0 Å². The van der Waals surface area contributed by atoms with Gasteiger partial charge in [0.1, 0.15) is 0 Å². The molecule has 1 amide bonds. The second-order valence-electron chi connectivity index (χ2n) is 2.98. The molecule has 0 aliphatic carbocycles. The Kier molecular flexibility index (Phi) is 8.78. The molecule has 17 heavy (non-hydrogen) atoms. The van der Waals surface area contributed by atoms with Gasteiger partial charge in [-0.05, 0) is 11.4 Å². The fraction of sp³-hybridized carbons (Fsp3) is 0.400. The molecular formula is C10H17IN4OS. The highest BCUT2D eigenvalue weighted by Crippen LogP contribution is 2.07. The number of carbonyl (C=O) groups excluding carboxylic acids is 1. The fourth-order valence-electron chi connectivity index (χ4n) is 1.13. The number of hydrogen-bond donors (Lipinski definition) is 3. The lowest BCUT2D eigenvalue weighted by molar-refractivity contribution is 0.0958. The van der Waals surface area contributed by atoms with Crippen LogP contribution < -0.4 is 16.0 Å². The maximum atomic E-state index is 11.5. The number of nitrogens with one attached hydrogen (secondary N) is 3. The summed E-state index contributed by atoms with van der Waals surface area (Å²) in [6.45, 7) is 1.21. The zero-order chi connectivity index (χ0) is 11.8. The number of nitrogens with zero attached hydrogens (tertiary/aromatic N) is 1. The number of aliphatic imine (C=N–C) groups is 1. The minimum Gasteiger partial charge on any atom is -0.359 e. The zero-order valence-corrected chi connectivity index (χ0v) is 13.0. The third-order valence-corrected chi connectivity index (χ3v) is 2.78. The first-order valence-electron chi connectivity index (χ1n) is 4.98. The number of thiophene rings is 1. The molecule has 0 fully saturated rings. The minimum atomic E-state index is -0.0313. The number of carbonyl (C=O) groups is 1. The standard InChI is InChI=1S/C10H16N4OS.HI/c1-11-10(12-2)14-6-5-13-9(15)8-4-3-7-16-8;/h3-4,7H,5-6H2,1-2H3,(H,13,15)(H2,11,12,14);1H. The highest BCUT2D eigenvalue weighted by Gasteiger charge is 2.04. The quantitative estimate of drug-likeness (QED) is 0.320. The molecule has 1 aromatic rings. The van der Waals surface area contributed by atoms with Crippen LogP contribution in [0.5, 0.6) is 0 Å². The van der Waals surface area contributed by atoms with Gasteiger partial charge < -0.3 is 16.0 Å². The summed E-state index contributed by atoms with van der Waals surface area (Å²) in [7, 11) is 3.49. The Morgan fingerprint density at radius 3 is 2.65 bits per heavy atom. The van der Waals surface area contributed by atoms with Crippen LogP contribution in [0.4, 0.5) is 0 Å². The van der Waals surface area contributed by atoms with E-state index in [1.807, 2.05) is 11.4 Å². The molecule has 0 aromatic carbocycles. The summed E-state index contributed by atoms with van der Waals surface area (Å²) in [5.41, 5.74) is 0. The van der Waals surface area contributed by atoms with Crippen molar-refractivity contribution in [3.05, 3.63) is 22.4 Å². The molecular weight excluding hydrogens is 351 g/mol. The largest absolute Gasteiger partial charge is 0.359 e. The Balaban J connectivity index is 0.00000256. The van der Waals surface area contributed by atoms with Gasteiger partial charge in [-0.15, -0.1) is 35.3 Å². The smallest absolute Gasteiger partial charge is 0.261 e. The molecule has 0 bridgehead atoms. The van der Waals surface area contributed by atoms with Crippen LogP contribution in [0.1, 0.15) is 9.67 Å². The third kappa shape index (κ3) is 5.87. The molecule has 5 nitrogen and oxygen atoms in total. The van der Waals surface area contributed by atoms with Gasteiger partial charge in [-0.2, -0.15) is 0 Å².